The number of benzene rings is 1. The molecule has 1 unspecified atom stereocenters. The number of aromatic nitrogens is 1. The Morgan fingerprint density at radius 3 is 2.54 bits per heavy atom. The Bertz CT molecular complexity index is 1110. The Labute approximate surface area is 161 Å². The van der Waals surface area contributed by atoms with Crippen LogP contribution >= 0.6 is 0 Å². The second-order valence-electron chi connectivity index (χ2n) is 6.18. The first-order valence-electron chi connectivity index (χ1n) is 8.11. The Morgan fingerprint density at radius 2 is 1.93 bits per heavy atom. The van der Waals surface area contributed by atoms with Crippen molar-refractivity contribution in [3.8, 4) is 18.3 Å². The van der Waals surface area contributed by atoms with Gasteiger partial charge in [-0.15, -0.1) is 0 Å². The second-order valence-corrected chi connectivity index (χ2v) is 6.18. The molecule has 2 aromatic rings. The van der Waals surface area contributed by atoms with Crippen molar-refractivity contribution in [3.63, 3.8) is 0 Å². The van der Waals surface area contributed by atoms with Crippen molar-refractivity contribution < 1.29 is 0 Å². The molecule has 1 aliphatic rings. The minimum absolute atomic E-state index is 0.0242. The topological polar surface area (TPSA) is 176 Å². The highest BCUT2D eigenvalue weighted by atomic mass is 15.2. The van der Waals surface area contributed by atoms with Crippen LogP contribution in [0.1, 0.15) is 28.3 Å². The molecular formula is C18H16N10. The Hall–Kier alpha value is -4.49. The van der Waals surface area contributed by atoms with Crippen LogP contribution in [0.15, 0.2) is 23.2 Å². The summed E-state index contributed by atoms with van der Waals surface area (Å²) in [6, 6.07) is 8.75. The van der Waals surface area contributed by atoms with Crippen LogP contribution in [0.3, 0.4) is 0 Å². The molecule has 0 saturated heterocycles. The van der Waals surface area contributed by atoms with Crippen molar-refractivity contribution >= 4 is 29.0 Å². The van der Waals surface area contributed by atoms with E-state index in [1.54, 1.807) is 18.3 Å². The normalized spacial score (nSPS) is 14.4. The summed E-state index contributed by atoms with van der Waals surface area (Å²) in [4.78, 5) is 10.5. The standard InChI is InChI=1S/C18H16N10/c1-28(2)12-4-3-9(5-10(12)6-19)15-13-14(22)11(7-20)16(23)26-17(13)27-18(25-15)24-8-21/h3-5,15H,1-2H3,(H6,22,23,24,25,26,27). The number of nitrogens with one attached hydrogen (secondary N) is 2. The van der Waals surface area contributed by atoms with Gasteiger partial charge in [-0.25, -0.2) is 9.98 Å². The Kier molecular flexibility index (Phi) is 4.59. The number of hydrogen-bond acceptors (Lipinski definition) is 10. The van der Waals surface area contributed by atoms with Crippen LogP contribution in [0.5, 0.6) is 0 Å². The number of hydrogen-bond donors (Lipinski definition) is 4. The van der Waals surface area contributed by atoms with E-state index in [4.69, 9.17) is 16.7 Å². The van der Waals surface area contributed by atoms with E-state index in [2.05, 4.69) is 26.7 Å². The summed E-state index contributed by atoms with van der Waals surface area (Å²) in [5.41, 5.74) is 14.6. The van der Waals surface area contributed by atoms with E-state index in [0.29, 0.717) is 22.5 Å². The van der Waals surface area contributed by atoms with Crippen molar-refractivity contribution in [1.82, 2.24) is 10.3 Å². The number of nitrogens with two attached hydrogens (primary N) is 2. The molecule has 138 valence electrons. The lowest BCUT2D eigenvalue weighted by molar-refractivity contribution is 0.845. The Balaban J connectivity index is 2.25. The highest BCUT2D eigenvalue weighted by Gasteiger charge is 2.30. The molecule has 1 aromatic heterocycles. The Morgan fingerprint density at radius 1 is 1.18 bits per heavy atom. The van der Waals surface area contributed by atoms with Crippen LogP contribution in [0.4, 0.5) is 23.0 Å². The molecule has 0 fully saturated rings. The van der Waals surface area contributed by atoms with Crippen LogP contribution in [-0.4, -0.2) is 25.0 Å². The highest BCUT2D eigenvalue weighted by Crippen LogP contribution is 2.41. The summed E-state index contributed by atoms with van der Waals surface area (Å²) >= 11 is 0. The molecule has 28 heavy (non-hydrogen) atoms. The quantitative estimate of drug-likeness (QED) is 0.442. The molecule has 3 rings (SSSR count). The van der Waals surface area contributed by atoms with Gasteiger partial charge >= 0.3 is 0 Å². The van der Waals surface area contributed by atoms with Gasteiger partial charge in [-0.3, -0.25) is 5.32 Å². The predicted molar refractivity (Wildman–Crippen MR) is 105 cm³/mol. The predicted octanol–water partition coefficient (Wildman–Crippen LogP) is 0.997. The van der Waals surface area contributed by atoms with Gasteiger partial charge in [0.1, 0.15) is 35.4 Å². The zero-order valence-electron chi connectivity index (χ0n) is 15.1. The second kappa shape index (κ2) is 7.02. The fourth-order valence-electron chi connectivity index (χ4n) is 3.03. The van der Waals surface area contributed by atoms with E-state index in [1.807, 2.05) is 31.1 Å². The minimum atomic E-state index is -0.685. The number of guanidine groups is 1. The maximum Gasteiger partial charge on any atom is 0.211 e. The first-order valence-corrected chi connectivity index (χ1v) is 8.11. The van der Waals surface area contributed by atoms with Crippen molar-refractivity contribution in [2.75, 3.05) is 35.8 Å². The molecular weight excluding hydrogens is 356 g/mol. The molecule has 1 atom stereocenters. The summed E-state index contributed by atoms with van der Waals surface area (Å²) in [6.07, 6.45) is 1.79. The van der Waals surface area contributed by atoms with Gasteiger partial charge in [0.25, 0.3) is 0 Å². The molecule has 1 aromatic carbocycles. The number of anilines is 4. The SMILES string of the molecule is CN(C)c1ccc(C2N=C(NC#N)Nc3nc(N)c(C#N)c(N)c32)cc1C#N. The van der Waals surface area contributed by atoms with E-state index >= 15 is 0 Å². The summed E-state index contributed by atoms with van der Waals surface area (Å²) in [6.45, 7) is 0. The number of nitriles is 3. The molecule has 6 N–H and O–H groups in total. The summed E-state index contributed by atoms with van der Waals surface area (Å²) < 4.78 is 0. The lowest BCUT2D eigenvalue weighted by atomic mass is 9.93. The molecule has 10 nitrogen and oxygen atoms in total. The molecule has 1 aliphatic heterocycles. The van der Waals surface area contributed by atoms with E-state index in [0.717, 1.165) is 5.69 Å². The van der Waals surface area contributed by atoms with Gasteiger partial charge in [-0.2, -0.15) is 15.8 Å². The first-order chi connectivity index (χ1) is 13.4. The van der Waals surface area contributed by atoms with Gasteiger partial charge in [0.15, 0.2) is 6.19 Å². The summed E-state index contributed by atoms with van der Waals surface area (Å²) in [5, 5.41) is 33.1. The van der Waals surface area contributed by atoms with Gasteiger partial charge in [-0.05, 0) is 17.7 Å². The largest absolute Gasteiger partial charge is 0.397 e. The highest BCUT2D eigenvalue weighted by molar-refractivity contribution is 5.98. The fourth-order valence-corrected chi connectivity index (χ4v) is 3.03. The number of nitrogens with zero attached hydrogens (tertiary/aromatic N) is 6. The maximum absolute atomic E-state index is 9.52. The number of fused-ring (bicyclic) bond motifs is 1. The molecule has 0 amide bonds. The van der Waals surface area contributed by atoms with Crippen LogP contribution in [0.25, 0.3) is 0 Å². The lowest BCUT2D eigenvalue weighted by Gasteiger charge is -2.26. The molecule has 0 aliphatic carbocycles. The zero-order chi connectivity index (χ0) is 20.4. The first kappa shape index (κ1) is 18.3. The smallest absolute Gasteiger partial charge is 0.211 e. The number of nitrogen functional groups attached to an aromatic ring is 2. The van der Waals surface area contributed by atoms with Gasteiger partial charge in [0.05, 0.1) is 16.9 Å². The van der Waals surface area contributed by atoms with Crippen LogP contribution in [0.2, 0.25) is 0 Å². The third kappa shape index (κ3) is 2.94. The van der Waals surface area contributed by atoms with Crippen LogP contribution in [0, 0.1) is 34.1 Å². The van der Waals surface area contributed by atoms with Crippen LogP contribution < -0.4 is 27.0 Å². The molecule has 0 bridgehead atoms. The van der Waals surface area contributed by atoms with Gasteiger partial charge in [0.2, 0.25) is 5.96 Å². The summed E-state index contributed by atoms with van der Waals surface area (Å²) in [7, 11) is 3.68. The van der Waals surface area contributed by atoms with Crippen molar-refractivity contribution in [2.45, 2.75) is 6.04 Å². The number of pyridine rings is 1. The average molecular weight is 372 g/mol. The van der Waals surface area contributed by atoms with Crippen LogP contribution in [-0.2, 0) is 0 Å². The molecule has 0 spiro atoms. The molecule has 2 heterocycles. The average Bonchev–Trinajstić information content (AvgIpc) is 2.67. The lowest BCUT2D eigenvalue weighted by Crippen LogP contribution is -2.32. The van der Waals surface area contributed by atoms with Gasteiger partial charge < -0.3 is 21.7 Å². The minimum Gasteiger partial charge on any atom is -0.397 e. The van der Waals surface area contributed by atoms with E-state index < -0.39 is 6.04 Å². The van der Waals surface area contributed by atoms with Gasteiger partial charge in [-0.1, -0.05) is 6.07 Å². The third-order valence-electron chi connectivity index (χ3n) is 4.30. The van der Waals surface area contributed by atoms with Crippen molar-refractivity contribution in [3.05, 3.63) is 40.5 Å². The van der Waals surface area contributed by atoms with Crippen molar-refractivity contribution in [1.29, 1.82) is 15.8 Å². The molecule has 10 heteroatoms. The van der Waals surface area contributed by atoms with E-state index in [1.165, 1.54) is 0 Å². The van der Waals surface area contributed by atoms with E-state index in [9.17, 15) is 10.5 Å². The summed E-state index contributed by atoms with van der Waals surface area (Å²) in [5.74, 6) is 0.428. The van der Waals surface area contributed by atoms with Gasteiger partial charge in [0, 0.05) is 19.7 Å². The fraction of sp³-hybridized carbons (Fsp3) is 0.167. The molecule has 0 radical (unpaired) electrons. The maximum atomic E-state index is 9.52. The number of aliphatic imine (C=N–C) groups is 1. The van der Waals surface area contributed by atoms with Crippen molar-refractivity contribution in [2.24, 2.45) is 4.99 Å². The molecule has 0 saturated carbocycles. The monoisotopic (exact) mass is 372 g/mol. The number of rotatable bonds is 2. The van der Waals surface area contributed by atoms with E-state index in [-0.39, 0.29) is 23.0 Å². The third-order valence-corrected chi connectivity index (χ3v) is 4.30. The zero-order valence-corrected chi connectivity index (χ0v) is 15.1.